The van der Waals surface area contributed by atoms with E-state index in [0.717, 1.165) is 33.4 Å². The van der Waals surface area contributed by atoms with Crippen LogP contribution in [0.1, 0.15) is 17.0 Å². The molecule has 0 aliphatic rings. The Morgan fingerprint density at radius 3 is 1.85 bits per heavy atom. The van der Waals surface area contributed by atoms with Crippen molar-refractivity contribution in [1.82, 2.24) is 0 Å². The van der Waals surface area contributed by atoms with E-state index < -0.39 is 5.92 Å². The lowest BCUT2D eigenvalue weighted by Gasteiger charge is -2.18. The number of hydrogen-bond donors (Lipinski definition) is 1. The zero-order valence-electron chi connectivity index (χ0n) is 14.3. The fourth-order valence-corrected chi connectivity index (χ4v) is 3.47. The number of phenols is 1. The van der Waals surface area contributed by atoms with Crippen molar-refractivity contribution in [3.8, 4) is 11.5 Å². The van der Waals surface area contributed by atoms with Crippen molar-refractivity contribution in [2.75, 3.05) is 7.11 Å². The van der Waals surface area contributed by atoms with E-state index >= 15 is 0 Å². The van der Waals surface area contributed by atoms with Gasteiger partial charge in [-0.15, -0.1) is 0 Å². The van der Waals surface area contributed by atoms with Crippen LogP contribution in [0.3, 0.4) is 0 Å². The molecule has 1 N–H and O–H groups in total. The van der Waals surface area contributed by atoms with Gasteiger partial charge in [0.15, 0.2) is 0 Å². The van der Waals surface area contributed by atoms with Crippen molar-refractivity contribution in [2.45, 2.75) is 5.92 Å². The number of aldehydes is 1. The van der Waals surface area contributed by atoms with E-state index in [1.807, 2.05) is 66.7 Å². The van der Waals surface area contributed by atoms with Crippen LogP contribution in [0.25, 0.3) is 21.5 Å². The zero-order chi connectivity index (χ0) is 18.1. The fourth-order valence-electron chi connectivity index (χ4n) is 3.47. The molecule has 0 heterocycles. The molecule has 1 unspecified atom stereocenters. The molecule has 0 fully saturated rings. The molecule has 4 rings (SSSR count). The molecule has 0 spiro atoms. The van der Waals surface area contributed by atoms with Gasteiger partial charge in [0.05, 0.1) is 13.0 Å². The second kappa shape index (κ2) is 6.52. The number of fused-ring (bicyclic) bond motifs is 2. The highest BCUT2D eigenvalue weighted by molar-refractivity contribution is 5.89. The van der Waals surface area contributed by atoms with Crippen LogP contribution in [0.15, 0.2) is 72.8 Å². The highest BCUT2D eigenvalue weighted by Gasteiger charge is 2.22. The van der Waals surface area contributed by atoms with Crippen LogP contribution >= 0.6 is 0 Å². The topological polar surface area (TPSA) is 46.5 Å². The highest BCUT2D eigenvalue weighted by atomic mass is 16.5. The molecule has 0 amide bonds. The Morgan fingerprint density at radius 2 is 1.31 bits per heavy atom. The summed E-state index contributed by atoms with van der Waals surface area (Å²) in [5.41, 5.74) is 1.32. The van der Waals surface area contributed by atoms with Crippen LogP contribution in [0, 0.1) is 0 Å². The van der Waals surface area contributed by atoms with Crippen LogP contribution < -0.4 is 4.74 Å². The first kappa shape index (κ1) is 16.2. The minimum Gasteiger partial charge on any atom is -0.508 e. The summed E-state index contributed by atoms with van der Waals surface area (Å²) >= 11 is 0. The minimum atomic E-state index is -0.612. The maximum atomic E-state index is 12.0. The Hall–Kier alpha value is -3.33. The predicted molar refractivity (Wildman–Crippen MR) is 104 cm³/mol. The number of ether oxygens (including phenoxy) is 1. The first-order chi connectivity index (χ1) is 12.7. The van der Waals surface area contributed by atoms with Crippen molar-refractivity contribution < 1.29 is 14.6 Å². The van der Waals surface area contributed by atoms with Gasteiger partial charge in [-0.2, -0.15) is 0 Å². The summed E-state index contributed by atoms with van der Waals surface area (Å²) < 4.78 is 5.54. The molecule has 3 nitrogen and oxygen atoms in total. The van der Waals surface area contributed by atoms with Crippen LogP contribution in [-0.2, 0) is 4.79 Å². The Morgan fingerprint density at radius 1 is 0.808 bits per heavy atom. The molecule has 4 aromatic rings. The Bertz CT molecular complexity index is 1110. The third-order valence-electron chi connectivity index (χ3n) is 4.80. The van der Waals surface area contributed by atoms with Crippen molar-refractivity contribution in [1.29, 1.82) is 0 Å². The third-order valence-corrected chi connectivity index (χ3v) is 4.80. The summed E-state index contributed by atoms with van der Waals surface area (Å²) in [6, 6.07) is 23.2. The van der Waals surface area contributed by atoms with Crippen molar-refractivity contribution in [3.63, 3.8) is 0 Å². The first-order valence-electron chi connectivity index (χ1n) is 8.45. The monoisotopic (exact) mass is 342 g/mol. The molecule has 0 radical (unpaired) electrons. The quantitative estimate of drug-likeness (QED) is 0.529. The van der Waals surface area contributed by atoms with Gasteiger partial charge in [-0.05, 0) is 45.8 Å². The van der Waals surface area contributed by atoms with Gasteiger partial charge in [0.1, 0.15) is 17.8 Å². The molecule has 0 saturated carbocycles. The molecule has 0 aliphatic carbocycles. The van der Waals surface area contributed by atoms with Gasteiger partial charge in [0, 0.05) is 11.1 Å². The number of benzene rings is 4. The summed E-state index contributed by atoms with van der Waals surface area (Å²) in [4.78, 5) is 12.0. The number of phenolic OH excluding ortho intramolecular Hbond substituents is 1. The fraction of sp³-hybridized carbons (Fsp3) is 0.0870. The van der Waals surface area contributed by atoms with Gasteiger partial charge < -0.3 is 14.6 Å². The summed E-state index contributed by atoms with van der Waals surface area (Å²) in [7, 11) is 1.59. The molecule has 26 heavy (non-hydrogen) atoms. The molecule has 1 atom stereocenters. The van der Waals surface area contributed by atoms with Crippen molar-refractivity contribution >= 4 is 27.8 Å². The molecule has 0 aliphatic heterocycles. The zero-order valence-corrected chi connectivity index (χ0v) is 14.3. The minimum absolute atomic E-state index is 0.107. The smallest absolute Gasteiger partial charge is 0.132 e. The van der Waals surface area contributed by atoms with Gasteiger partial charge in [0.2, 0.25) is 0 Å². The van der Waals surface area contributed by atoms with Gasteiger partial charge in [-0.25, -0.2) is 0 Å². The average Bonchev–Trinajstić information content (AvgIpc) is 2.68. The van der Waals surface area contributed by atoms with E-state index in [4.69, 9.17) is 4.74 Å². The Labute approximate surface area is 151 Å². The average molecular weight is 342 g/mol. The third kappa shape index (κ3) is 2.68. The lowest BCUT2D eigenvalue weighted by atomic mass is 9.88. The molecular formula is C23H18O3. The Balaban J connectivity index is 1.94. The predicted octanol–water partition coefficient (Wildman–Crippen LogP) is 5.04. The van der Waals surface area contributed by atoms with Crippen LogP contribution in [-0.4, -0.2) is 18.5 Å². The first-order valence-corrected chi connectivity index (χ1v) is 8.45. The number of carbonyl (C=O) groups excluding carboxylic acids is 1. The van der Waals surface area contributed by atoms with Gasteiger partial charge in [-0.3, -0.25) is 0 Å². The largest absolute Gasteiger partial charge is 0.508 e. The lowest BCUT2D eigenvalue weighted by molar-refractivity contribution is -0.108. The van der Waals surface area contributed by atoms with Crippen molar-refractivity contribution in [3.05, 3.63) is 83.9 Å². The number of methoxy groups -OCH3 is 1. The summed E-state index contributed by atoms with van der Waals surface area (Å²) in [6.45, 7) is 0. The molecule has 3 heteroatoms. The second-order valence-corrected chi connectivity index (χ2v) is 6.31. The number of aromatic hydroxyl groups is 1. The Kier molecular flexibility index (Phi) is 4.05. The normalized spacial score (nSPS) is 12.2. The second-order valence-electron chi connectivity index (χ2n) is 6.31. The van der Waals surface area contributed by atoms with E-state index in [9.17, 15) is 9.90 Å². The standard InChI is InChI=1S/C23H18O3/c1-26-23-13-18-9-5-3-7-16(18)11-20(23)21(14-24)19-10-15-6-2-4-8-17(15)12-22(19)25/h2-14,21,25H,1H3. The molecule has 128 valence electrons. The van der Waals surface area contributed by atoms with Gasteiger partial charge in [0.25, 0.3) is 0 Å². The lowest BCUT2D eigenvalue weighted by Crippen LogP contribution is -2.05. The summed E-state index contributed by atoms with van der Waals surface area (Å²) in [5.74, 6) is 0.128. The summed E-state index contributed by atoms with van der Waals surface area (Å²) in [5, 5.41) is 14.5. The number of rotatable bonds is 4. The van der Waals surface area contributed by atoms with E-state index in [-0.39, 0.29) is 5.75 Å². The van der Waals surface area contributed by atoms with Gasteiger partial charge in [-0.1, -0.05) is 48.5 Å². The maximum Gasteiger partial charge on any atom is 0.132 e. The molecule has 4 aromatic carbocycles. The van der Waals surface area contributed by atoms with Crippen LogP contribution in [0.2, 0.25) is 0 Å². The van der Waals surface area contributed by atoms with Gasteiger partial charge >= 0.3 is 0 Å². The van der Waals surface area contributed by atoms with Crippen molar-refractivity contribution in [2.24, 2.45) is 0 Å². The van der Waals surface area contributed by atoms with E-state index in [0.29, 0.717) is 11.3 Å². The molecule has 0 saturated heterocycles. The highest BCUT2D eigenvalue weighted by Crippen LogP contribution is 2.38. The SMILES string of the molecule is COc1cc2ccccc2cc1C(C=O)c1cc2ccccc2cc1O. The van der Waals surface area contributed by atoms with Crippen LogP contribution in [0.4, 0.5) is 0 Å². The van der Waals surface area contributed by atoms with E-state index in [2.05, 4.69) is 0 Å². The maximum absolute atomic E-state index is 12.0. The number of hydrogen-bond acceptors (Lipinski definition) is 3. The van der Waals surface area contributed by atoms with Crippen LogP contribution in [0.5, 0.6) is 11.5 Å². The number of carbonyl (C=O) groups is 1. The van der Waals surface area contributed by atoms with E-state index in [1.165, 1.54) is 0 Å². The molecule has 0 bridgehead atoms. The van der Waals surface area contributed by atoms with E-state index in [1.54, 1.807) is 13.2 Å². The summed E-state index contributed by atoms with van der Waals surface area (Å²) in [6.07, 6.45) is 0.858. The molecule has 0 aromatic heterocycles. The molecular weight excluding hydrogens is 324 g/mol.